The van der Waals surface area contributed by atoms with Crippen molar-refractivity contribution in [3.05, 3.63) is 46.1 Å². The lowest BCUT2D eigenvalue weighted by atomic mass is 10.4. The highest BCUT2D eigenvalue weighted by Crippen LogP contribution is 2.05. The van der Waals surface area contributed by atoms with Crippen LogP contribution in [-0.2, 0) is 11.3 Å². The van der Waals surface area contributed by atoms with Gasteiger partial charge in [0.1, 0.15) is 11.7 Å². The van der Waals surface area contributed by atoms with E-state index in [4.69, 9.17) is 17.3 Å². The van der Waals surface area contributed by atoms with Gasteiger partial charge >= 0.3 is 0 Å². The number of halogens is 1. The summed E-state index contributed by atoms with van der Waals surface area (Å²) in [5.74, 6) is -0.371. The maximum Gasteiger partial charge on any atom is 0.251 e. The fourth-order valence-electron chi connectivity index (χ4n) is 1.39. The molecule has 0 saturated heterocycles. The van der Waals surface area contributed by atoms with E-state index in [0.717, 1.165) is 0 Å². The Morgan fingerprint density at radius 2 is 2.21 bits per heavy atom. The number of nitrogens with one attached hydrogen (secondary N) is 1. The van der Waals surface area contributed by atoms with E-state index in [1.54, 1.807) is 0 Å². The molecule has 19 heavy (non-hydrogen) atoms. The first-order valence-corrected chi connectivity index (χ1v) is 5.67. The van der Waals surface area contributed by atoms with E-state index < -0.39 is 5.91 Å². The van der Waals surface area contributed by atoms with Crippen molar-refractivity contribution in [3.63, 3.8) is 0 Å². The highest BCUT2D eigenvalue weighted by atomic mass is 35.5. The first-order chi connectivity index (χ1) is 9.04. The lowest BCUT2D eigenvalue weighted by Gasteiger charge is -2.06. The van der Waals surface area contributed by atoms with Crippen LogP contribution in [0.2, 0.25) is 5.15 Å². The summed E-state index contributed by atoms with van der Waals surface area (Å²) in [6.07, 6.45) is 2.80. The molecule has 3 N–H and O–H groups in total. The SMILES string of the molecule is Nc1ccc(=O)n(CC(=O)Nc2nccc(Cl)n2)c1. The summed E-state index contributed by atoms with van der Waals surface area (Å²) < 4.78 is 1.19. The zero-order valence-corrected chi connectivity index (χ0v) is 10.5. The maximum atomic E-state index is 11.7. The smallest absolute Gasteiger partial charge is 0.251 e. The van der Waals surface area contributed by atoms with Crippen LogP contribution in [0.3, 0.4) is 0 Å². The number of anilines is 2. The minimum absolute atomic E-state index is 0.0782. The van der Waals surface area contributed by atoms with Gasteiger partial charge in [0.2, 0.25) is 11.9 Å². The largest absolute Gasteiger partial charge is 0.398 e. The first-order valence-electron chi connectivity index (χ1n) is 5.29. The second kappa shape index (κ2) is 5.49. The predicted octanol–water partition coefficient (Wildman–Crippen LogP) is 0.513. The third kappa shape index (κ3) is 3.52. The van der Waals surface area contributed by atoms with Crippen molar-refractivity contribution in [3.8, 4) is 0 Å². The van der Waals surface area contributed by atoms with Crippen molar-refractivity contribution in [1.82, 2.24) is 14.5 Å². The molecule has 1 amide bonds. The standard InChI is InChI=1S/C11H10ClN5O2/c12-8-3-4-14-11(15-8)16-9(18)6-17-5-7(13)1-2-10(17)19/h1-5H,6,13H2,(H,14,15,16,18). The minimum atomic E-state index is -0.449. The Kier molecular flexibility index (Phi) is 3.76. The number of carbonyl (C=O) groups is 1. The number of nitrogens with zero attached hydrogens (tertiary/aromatic N) is 3. The normalized spacial score (nSPS) is 10.2. The van der Waals surface area contributed by atoms with Gasteiger partial charge in [0, 0.05) is 24.1 Å². The van der Waals surface area contributed by atoms with E-state index in [9.17, 15) is 9.59 Å². The van der Waals surface area contributed by atoms with E-state index in [0.29, 0.717) is 5.69 Å². The zero-order valence-electron chi connectivity index (χ0n) is 9.71. The molecule has 0 aromatic carbocycles. The predicted molar refractivity (Wildman–Crippen MR) is 70.8 cm³/mol. The molecular weight excluding hydrogens is 270 g/mol. The molecule has 2 heterocycles. The van der Waals surface area contributed by atoms with Gasteiger partial charge in [-0.15, -0.1) is 0 Å². The molecule has 0 unspecified atom stereocenters. The van der Waals surface area contributed by atoms with Crippen LogP contribution in [0.25, 0.3) is 0 Å². The minimum Gasteiger partial charge on any atom is -0.398 e. The van der Waals surface area contributed by atoms with Gasteiger partial charge in [-0.3, -0.25) is 14.9 Å². The van der Waals surface area contributed by atoms with Gasteiger partial charge in [-0.05, 0) is 12.1 Å². The molecule has 98 valence electrons. The molecule has 0 bridgehead atoms. The van der Waals surface area contributed by atoms with Crippen LogP contribution in [0.4, 0.5) is 11.6 Å². The van der Waals surface area contributed by atoms with Crippen LogP contribution < -0.4 is 16.6 Å². The Labute approximate surface area is 113 Å². The average Bonchev–Trinajstić information content (AvgIpc) is 2.34. The van der Waals surface area contributed by atoms with Crippen LogP contribution in [0.5, 0.6) is 0 Å². The molecule has 2 aromatic heterocycles. The molecule has 0 fully saturated rings. The van der Waals surface area contributed by atoms with E-state index in [2.05, 4.69) is 15.3 Å². The lowest BCUT2D eigenvalue weighted by molar-refractivity contribution is -0.116. The van der Waals surface area contributed by atoms with Crippen molar-refractivity contribution in [2.45, 2.75) is 6.54 Å². The molecule has 0 atom stereocenters. The number of hydrogen-bond acceptors (Lipinski definition) is 5. The van der Waals surface area contributed by atoms with Gasteiger partial charge in [-0.1, -0.05) is 11.6 Å². The topological polar surface area (TPSA) is 103 Å². The summed E-state index contributed by atoms with van der Waals surface area (Å²) in [6.45, 7) is -0.181. The Balaban J connectivity index is 2.09. The Morgan fingerprint density at radius 3 is 2.95 bits per heavy atom. The molecule has 0 aliphatic rings. The van der Waals surface area contributed by atoms with Gasteiger partial charge in [0.25, 0.3) is 5.56 Å². The Bertz CT molecular complexity index is 670. The van der Waals surface area contributed by atoms with Crippen LogP contribution in [-0.4, -0.2) is 20.4 Å². The number of pyridine rings is 1. The number of aromatic nitrogens is 3. The first kappa shape index (κ1) is 13.0. The van der Waals surface area contributed by atoms with E-state index >= 15 is 0 Å². The molecule has 2 aromatic rings. The molecule has 7 nitrogen and oxygen atoms in total. The molecule has 0 aliphatic carbocycles. The van der Waals surface area contributed by atoms with Crippen molar-refractivity contribution in [2.75, 3.05) is 11.1 Å². The zero-order chi connectivity index (χ0) is 13.8. The molecule has 2 rings (SSSR count). The molecule has 8 heteroatoms. The second-order valence-corrected chi connectivity index (χ2v) is 4.07. The Morgan fingerprint density at radius 1 is 1.42 bits per heavy atom. The molecule has 0 saturated carbocycles. The summed E-state index contributed by atoms with van der Waals surface area (Å²) in [6, 6.07) is 4.24. The van der Waals surface area contributed by atoms with Crippen molar-refractivity contribution < 1.29 is 4.79 Å². The number of carbonyl (C=O) groups excluding carboxylic acids is 1. The van der Waals surface area contributed by atoms with E-state index in [-0.39, 0.29) is 23.2 Å². The molecule has 0 aliphatic heterocycles. The van der Waals surface area contributed by atoms with E-state index in [1.807, 2.05) is 0 Å². The van der Waals surface area contributed by atoms with Gasteiger partial charge in [-0.25, -0.2) is 9.97 Å². The highest BCUT2D eigenvalue weighted by molar-refractivity contribution is 6.29. The average molecular weight is 280 g/mol. The van der Waals surface area contributed by atoms with Gasteiger partial charge < -0.3 is 10.3 Å². The van der Waals surface area contributed by atoms with Crippen molar-refractivity contribution in [2.24, 2.45) is 0 Å². The third-order valence-electron chi connectivity index (χ3n) is 2.19. The maximum absolute atomic E-state index is 11.7. The summed E-state index contributed by atoms with van der Waals surface area (Å²) in [4.78, 5) is 30.8. The fraction of sp³-hybridized carbons (Fsp3) is 0.0909. The highest BCUT2D eigenvalue weighted by Gasteiger charge is 2.07. The van der Waals surface area contributed by atoms with Gasteiger partial charge in [0.05, 0.1) is 0 Å². The summed E-state index contributed by atoms with van der Waals surface area (Å²) in [5.41, 5.74) is 5.61. The third-order valence-corrected chi connectivity index (χ3v) is 2.40. The lowest BCUT2D eigenvalue weighted by Crippen LogP contribution is -2.27. The van der Waals surface area contributed by atoms with Crippen LogP contribution in [0.15, 0.2) is 35.4 Å². The number of nitrogens with two attached hydrogens (primary N) is 1. The number of rotatable bonds is 3. The summed E-state index contributed by atoms with van der Waals surface area (Å²) in [7, 11) is 0. The number of nitrogen functional groups attached to an aromatic ring is 1. The Hall–Kier alpha value is -2.41. The molecule has 0 spiro atoms. The van der Waals surface area contributed by atoms with Gasteiger partial charge in [-0.2, -0.15) is 0 Å². The summed E-state index contributed by atoms with van der Waals surface area (Å²) >= 11 is 5.66. The molecule has 0 radical (unpaired) electrons. The summed E-state index contributed by atoms with van der Waals surface area (Å²) in [5, 5.41) is 2.65. The van der Waals surface area contributed by atoms with Crippen molar-refractivity contribution in [1.29, 1.82) is 0 Å². The van der Waals surface area contributed by atoms with Crippen LogP contribution >= 0.6 is 11.6 Å². The van der Waals surface area contributed by atoms with E-state index in [1.165, 1.54) is 35.2 Å². The monoisotopic (exact) mass is 279 g/mol. The van der Waals surface area contributed by atoms with Crippen LogP contribution in [0.1, 0.15) is 0 Å². The van der Waals surface area contributed by atoms with Crippen LogP contribution in [0, 0.1) is 0 Å². The fourth-order valence-corrected chi connectivity index (χ4v) is 1.53. The van der Waals surface area contributed by atoms with Gasteiger partial charge in [0.15, 0.2) is 0 Å². The number of hydrogen-bond donors (Lipinski definition) is 2. The second-order valence-electron chi connectivity index (χ2n) is 3.68. The molecular formula is C11H10ClN5O2. The quantitative estimate of drug-likeness (QED) is 0.797. The van der Waals surface area contributed by atoms with Crippen molar-refractivity contribution >= 4 is 29.1 Å². The number of amides is 1.